The highest BCUT2D eigenvalue weighted by molar-refractivity contribution is 5.38. The number of rotatable bonds is 5. The first kappa shape index (κ1) is 12.7. The van der Waals surface area contributed by atoms with Gasteiger partial charge < -0.3 is 10.1 Å². The molecule has 0 amide bonds. The van der Waals surface area contributed by atoms with Crippen molar-refractivity contribution in [3.05, 3.63) is 59.7 Å². The predicted octanol–water partition coefficient (Wildman–Crippen LogP) is 3.76. The molecule has 2 aromatic rings. The highest BCUT2D eigenvalue weighted by atomic mass is 16.5. The molecule has 0 saturated carbocycles. The molecule has 0 aromatic heterocycles. The van der Waals surface area contributed by atoms with E-state index in [9.17, 15) is 0 Å². The van der Waals surface area contributed by atoms with E-state index in [-0.39, 0.29) is 0 Å². The highest BCUT2D eigenvalue weighted by Crippen LogP contribution is 2.25. The lowest BCUT2D eigenvalue weighted by molar-refractivity contribution is 0.474. The summed E-state index contributed by atoms with van der Waals surface area (Å²) in [6, 6.07) is 16.4. The highest BCUT2D eigenvalue weighted by Gasteiger charge is 2.03. The van der Waals surface area contributed by atoms with E-state index in [2.05, 4.69) is 30.4 Å². The van der Waals surface area contributed by atoms with Crippen LogP contribution in [0, 0.1) is 0 Å². The predicted molar refractivity (Wildman–Crippen MR) is 75.1 cm³/mol. The van der Waals surface area contributed by atoms with Crippen LogP contribution in [-0.4, -0.2) is 7.05 Å². The molecule has 94 valence electrons. The van der Waals surface area contributed by atoms with Crippen molar-refractivity contribution in [3.8, 4) is 11.5 Å². The second-order valence-corrected chi connectivity index (χ2v) is 4.24. The van der Waals surface area contributed by atoms with Crippen LogP contribution in [0.3, 0.4) is 0 Å². The molecule has 2 aromatic carbocycles. The van der Waals surface area contributed by atoms with Crippen LogP contribution in [-0.2, 0) is 13.0 Å². The van der Waals surface area contributed by atoms with Gasteiger partial charge in [-0.05, 0) is 37.2 Å². The van der Waals surface area contributed by atoms with E-state index in [1.54, 1.807) is 0 Å². The summed E-state index contributed by atoms with van der Waals surface area (Å²) in [4.78, 5) is 0. The maximum Gasteiger partial charge on any atom is 0.131 e. The zero-order valence-electron chi connectivity index (χ0n) is 10.9. The molecule has 0 radical (unpaired) electrons. The van der Waals surface area contributed by atoms with E-state index in [4.69, 9.17) is 4.74 Å². The summed E-state index contributed by atoms with van der Waals surface area (Å²) in [5.41, 5.74) is 2.49. The summed E-state index contributed by atoms with van der Waals surface area (Å²) in [5.74, 6) is 1.80. The Morgan fingerprint density at radius 1 is 1.00 bits per heavy atom. The van der Waals surface area contributed by atoms with E-state index >= 15 is 0 Å². The molecule has 0 unspecified atom stereocenters. The first-order valence-electron chi connectivity index (χ1n) is 6.32. The van der Waals surface area contributed by atoms with Crippen LogP contribution in [0.25, 0.3) is 0 Å². The quantitative estimate of drug-likeness (QED) is 0.860. The molecule has 0 aliphatic carbocycles. The Balaban J connectivity index is 2.17. The van der Waals surface area contributed by atoms with Crippen molar-refractivity contribution in [1.82, 2.24) is 5.32 Å². The number of hydrogen-bond acceptors (Lipinski definition) is 2. The van der Waals surface area contributed by atoms with Gasteiger partial charge in [0.25, 0.3) is 0 Å². The average molecular weight is 241 g/mol. The van der Waals surface area contributed by atoms with Crippen molar-refractivity contribution in [2.45, 2.75) is 19.9 Å². The number of benzene rings is 2. The van der Waals surface area contributed by atoms with Gasteiger partial charge in [-0.25, -0.2) is 0 Å². The average Bonchev–Trinajstić information content (AvgIpc) is 2.42. The normalized spacial score (nSPS) is 10.3. The van der Waals surface area contributed by atoms with Crippen LogP contribution < -0.4 is 10.1 Å². The second-order valence-electron chi connectivity index (χ2n) is 4.24. The number of nitrogens with one attached hydrogen (secondary N) is 1. The van der Waals surface area contributed by atoms with Crippen LogP contribution in [0.2, 0.25) is 0 Å². The Labute approximate surface area is 109 Å². The Bertz CT molecular complexity index is 491. The molecule has 0 heterocycles. The summed E-state index contributed by atoms with van der Waals surface area (Å²) in [5, 5.41) is 3.15. The minimum absolute atomic E-state index is 0.809. The Hall–Kier alpha value is -1.80. The van der Waals surface area contributed by atoms with Gasteiger partial charge in [-0.1, -0.05) is 37.3 Å². The molecule has 0 aliphatic heterocycles. The van der Waals surface area contributed by atoms with Gasteiger partial charge in [-0.3, -0.25) is 0 Å². The zero-order valence-corrected chi connectivity index (χ0v) is 10.9. The van der Waals surface area contributed by atoms with Gasteiger partial charge in [0.1, 0.15) is 11.5 Å². The maximum absolute atomic E-state index is 5.92. The van der Waals surface area contributed by atoms with Crippen LogP contribution >= 0.6 is 0 Å². The fourth-order valence-electron chi connectivity index (χ4n) is 1.86. The third-order valence-corrected chi connectivity index (χ3v) is 2.90. The molecular weight excluding hydrogens is 222 g/mol. The van der Waals surface area contributed by atoms with Crippen molar-refractivity contribution in [2.75, 3.05) is 7.05 Å². The molecule has 0 bridgehead atoms. The summed E-state index contributed by atoms with van der Waals surface area (Å²) in [6.07, 6.45) is 1.05. The molecule has 18 heavy (non-hydrogen) atoms. The summed E-state index contributed by atoms with van der Waals surface area (Å²) in [6.45, 7) is 2.96. The lowest BCUT2D eigenvalue weighted by Gasteiger charge is -2.11. The van der Waals surface area contributed by atoms with Crippen molar-refractivity contribution in [1.29, 1.82) is 0 Å². The van der Waals surface area contributed by atoms with Crippen molar-refractivity contribution in [2.24, 2.45) is 0 Å². The van der Waals surface area contributed by atoms with Crippen molar-refractivity contribution < 1.29 is 4.74 Å². The fraction of sp³-hybridized carbons (Fsp3) is 0.250. The molecule has 0 aliphatic rings. The van der Waals surface area contributed by atoms with Gasteiger partial charge >= 0.3 is 0 Å². The summed E-state index contributed by atoms with van der Waals surface area (Å²) < 4.78 is 5.92. The Morgan fingerprint density at radius 3 is 2.39 bits per heavy atom. The van der Waals surface area contributed by atoms with Gasteiger partial charge in [0, 0.05) is 12.1 Å². The lowest BCUT2D eigenvalue weighted by Crippen LogP contribution is -2.06. The summed E-state index contributed by atoms with van der Waals surface area (Å²) in [7, 11) is 1.94. The van der Waals surface area contributed by atoms with Gasteiger partial charge in [-0.2, -0.15) is 0 Å². The molecule has 2 rings (SSSR count). The SMILES string of the molecule is CCc1ccc(Oc2ccccc2CNC)cc1. The van der Waals surface area contributed by atoms with Crippen LogP contribution in [0.15, 0.2) is 48.5 Å². The smallest absolute Gasteiger partial charge is 0.131 e. The molecular formula is C16H19NO. The van der Waals surface area contributed by atoms with E-state index < -0.39 is 0 Å². The minimum Gasteiger partial charge on any atom is -0.457 e. The number of aryl methyl sites for hydroxylation is 1. The number of hydrogen-bond donors (Lipinski definition) is 1. The van der Waals surface area contributed by atoms with Gasteiger partial charge in [-0.15, -0.1) is 0 Å². The molecule has 0 atom stereocenters. The first-order chi connectivity index (χ1) is 8.83. The van der Waals surface area contributed by atoms with Gasteiger partial charge in [0.05, 0.1) is 0 Å². The van der Waals surface area contributed by atoms with Crippen LogP contribution in [0.1, 0.15) is 18.1 Å². The molecule has 0 saturated heterocycles. The van der Waals surface area contributed by atoms with E-state index in [0.29, 0.717) is 0 Å². The third-order valence-electron chi connectivity index (χ3n) is 2.90. The second kappa shape index (κ2) is 6.22. The monoisotopic (exact) mass is 241 g/mol. The van der Waals surface area contributed by atoms with Crippen LogP contribution in [0.4, 0.5) is 0 Å². The minimum atomic E-state index is 0.809. The molecule has 1 N–H and O–H groups in total. The standard InChI is InChI=1S/C16H19NO/c1-3-13-8-10-15(11-9-13)18-16-7-5-4-6-14(16)12-17-2/h4-11,17H,3,12H2,1-2H3. The fourth-order valence-corrected chi connectivity index (χ4v) is 1.86. The van der Waals surface area contributed by atoms with E-state index in [1.165, 1.54) is 11.1 Å². The van der Waals surface area contributed by atoms with E-state index in [1.807, 2.05) is 37.4 Å². The summed E-state index contributed by atoms with van der Waals surface area (Å²) >= 11 is 0. The first-order valence-corrected chi connectivity index (χ1v) is 6.32. The third kappa shape index (κ3) is 3.11. The number of para-hydroxylation sites is 1. The van der Waals surface area contributed by atoms with Crippen molar-refractivity contribution >= 4 is 0 Å². The van der Waals surface area contributed by atoms with Gasteiger partial charge in [0.2, 0.25) is 0 Å². The van der Waals surface area contributed by atoms with Crippen LogP contribution in [0.5, 0.6) is 11.5 Å². The molecule has 0 fully saturated rings. The largest absolute Gasteiger partial charge is 0.457 e. The maximum atomic E-state index is 5.92. The Morgan fingerprint density at radius 2 is 1.72 bits per heavy atom. The van der Waals surface area contributed by atoms with Crippen molar-refractivity contribution in [3.63, 3.8) is 0 Å². The lowest BCUT2D eigenvalue weighted by atomic mass is 10.1. The molecule has 2 nitrogen and oxygen atoms in total. The van der Waals surface area contributed by atoms with Gasteiger partial charge in [0.15, 0.2) is 0 Å². The molecule has 2 heteroatoms. The number of ether oxygens (including phenoxy) is 1. The topological polar surface area (TPSA) is 21.3 Å². The Kier molecular flexibility index (Phi) is 4.37. The van der Waals surface area contributed by atoms with E-state index in [0.717, 1.165) is 24.5 Å². The zero-order chi connectivity index (χ0) is 12.8. The molecule has 0 spiro atoms.